The first kappa shape index (κ1) is 15.4. The summed E-state index contributed by atoms with van der Waals surface area (Å²) in [4.78, 5) is 16.2. The maximum absolute atomic E-state index is 14.0. The standard InChI is InChI=1S/C17H23FN2O2/c1-19(11-16(21)12-8-9-12)15-7-4-10-20(17(15)22)14-6-3-2-5-13(14)18/h2-3,5-6,12,15-16,21H,4,7-11H2,1H3. The van der Waals surface area contributed by atoms with Gasteiger partial charge in [0.15, 0.2) is 0 Å². The molecule has 5 heteroatoms. The summed E-state index contributed by atoms with van der Waals surface area (Å²) in [6.07, 6.45) is 3.40. The van der Waals surface area contributed by atoms with Gasteiger partial charge < -0.3 is 10.0 Å². The third kappa shape index (κ3) is 3.15. The number of hydrogen-bond acceptors (Lipinski definition) is 3. The van der Waals surface area contributed by atoms with Gasteiger partial charge >= 0.3 is 0 Å². The molecule has 1 saturated heterocycles. The Kier molecular flexibility index (Phi) is 4.45. The van der Waals surface area contributed by atoms with E-state index in [4.69, 9.17) is 0 Å². The molecule has 0 spiro atoms. The minimum Gasteiger partial charge on any atom is -0.392 e. The number of rotatable bonds is 5. The lowest BCUT2D eigenvalue weighted by molar-refractivity contribution is -0.125. The molecule has 1 aliphatic carbocycles. The smallest absolute Gasteiger partial charge is 0.244 e. The number of benzene rings is 1. The zero-order chi connectivity index (χ0) is 15.7. The zero-order valence-electron chi connectivity index (χ0n) is 12.9. The molecule has 2 atom stereocenters. The van der Waals surface area contributed by atoms with E-state index in [2.05, 4.69) is 0 Å². The van der Waals surface area contributed by atoms with Crippen molar-refractivity contribution in [3.8, 4) is 0 Å². The fourth-order valence-electron chi connectivity index (χ4n) is 3.23. The largest absolute Gasteiger partial charge is 0.392 e. The molecule has 0 aromatic heterocycles. The molecule has 1 heterocycles. The lowest BCUT2D eigenvalue weighted by Crippen LogP contribution is -2.53. The number of piperidine rings is 1. The lowest BCUT2D eigenvalue weighted by Gasteiger charge is -2.37. The molecule has 2 unspecified atom stereocenters. The second-order valence-corrected chi connectivity index (χ2v) is 6.44. The number of aliphatic hydroxyl groups excluding tert-OH is 1. The van der Waals surface area contributed by atoms with Crippen LogP contribution >= 0.6 is 0 Å². The van der Waals surface area contributed by atoms with Crippen LogP contribution in [0, 0.1) is 11.7 Å². The summed E-state index contributed by atoms with van der Waals surface area (Å²) in [6, 6.07) is 6.13. The van der Waals surface area contributed by atoms with Crippen LogP contribution in [0.1, 0.15) is 25.7 Å². The number of carbonyl (C=O) groups excluding carboxylic acids is 1. The van der Waals surface area contributed by atoms with E-state index in [-0.39, 0.29) is 23.9 Å². The van der Waals surface area contributed by atoms with Crippen molar-refractivity contribution in [2.45, 2.75) is 37.8 Å². The van der Waals surface area contributed by atoms with Crippen LogP contribution in [-0.4, -0.2) is 48.2 Å². The number of aliphatic hydroxyl groups is 1. The average Bonchev–Trinajstić information content (AvgIpc) is 3.33. The highest BCUT2D eigenvalue weighted by molar-refractivity contribution is 5.98. The van der Waals surface area contributed by atoms with Gasteiger partial charge in [0.05, 0.1) is 17.8 Å². The van der Waals surface area contributed by atoms with Crippen LogP contribution in [0.3, 0.4) is 0 Å². The molecule has 3 rings (SSSR count). The van der Waals surface area contributed by atoms with Crippen molar-refractivity contribution >= 4 is 11.6 Å². The molecule has 4 nitrogen and oxygen atoms in total. The van der Waals surface area contributed by atoms with E-state index in [1.165, 1.54) is 6.07 Å². The van der Waals surface area contributed by atoms with Gasteiger partial charge in [-0.2, -0.15) is 0 Å². The zero-order valence-corrected chi connectivity index (χ0v) is 12.9. The molecule has 2 aliphatic rings. The Morgan fingerprint density at radius 3 is 2.77 bits per heavy atom. The molecular formula is C17H23FN2O2. The van der Waals surface area contributed by atoms with E-state index in [0.29, 0.717) is 24.7 Å². The number of nitrogens with zero attached hydrogens (tertiary/aromatic N) is 2. The van der Waals surface area contributed by atoms with E-state index in [9.17, 15) is 14.3 Å². The SMILES string of the molecule is CN(CC(O)C1CC1)C1CCCN(c2ccccc2F)C1=O. The van der Waals surface area contributed by atoms with Crippen molar-refractivity contribution in [2.75, 3.05) is 25.0 Å². The van der Waals surface area contributed by atoms with Gasteiger partial charge in [-0.15, -0.1) is 0 Å². The van der Waals surface area contributed by atoms with Crippen molar-refractivity contribution < 1.29 is 14.3 Å². The lowest BCUT2D eigenvalue weighted by atomic mass is 10.0. The fourth-order valence-corrected chi connectivity index (χ4v) is 3.23. The highest BCUT2D eigenvalue weighted by Crippen LogP contribution is 2.33. The van der Waals surface area contributed by atoms with Crippen LogP contribution in [0.5, 0.6) is 0 Å². The van der Waals surface area contributed by atoms with Crippen molar-refractivity contribution in [3.63, 3.8) is 0 Å². The number of halogens is 1. The van der Waals surface area contributed by atoms with Crippen LogP contribution < -0.4 is 4.90 Å². The average molecular weight is 306 g/mol. The van der Waals surface area contributed by atoms with Crippen LogP contribution in [-0.2, 0) is 4.79 Å². The molecule has 1 N–H and O–H groups in total. The summed E-state index contributed by atoms with van der Waals surface area (Å²) in [7, 11) is 1.87. The third-order valence-electron chi connectivity index (χ3n) is 4.73. The molecule has 22 heavy (non-hydrogen) atoms. The summed E-state index contributed by atoms with van der Waals surface area (Å²) >= 11 is 0. The summed E-state index contributed by atoms with van der Waals surface area (Å²) in [5.41, 5.74) is 0.355. The molecule has 1 amide bonds. The Morgan fingerprint density at radius 2 is 2.09 bits per heavy atom. The number of hydrogen-bond donors (Lipinski definition) is 1. The van der Waals surface area contributed by atoms with E-state index in [1.54, 1.807) is 23.1 Å². The fraction of sp³-hybridized carbons (Fsp3) is 0.588. The predicted molar refractivity (Wildman–Crippen MR) is 83.1 cm³/mol. The van der Waals surface area contributed by atoms with Gasteiger partial charge in [0.2, 0.25) is 5.91 Å². The number of carbonyl (C=O) groups is 1. The summed E-state index contributed by atoms with van der Waals surface area (Å²) < 4.78 is 14.0. The number of amides is 1. The minimum atomic E-state index is -0.364. The molecule has 1 saturated carbocycles. The van der Waals surface area contributed by atoms with Gasteiger partial charge in [0, 0.05) is 13.1 Å². The van der Waals surface area contributed by atoms with Gasteiger partial charge in [-0.1, -0.05) is 12.1 Å². The van der Waals surface area contributed by atoms with E-state index in [0.717, 1.165) is 25.7 Å². The molecule has 2 fully saturated rings. The van der Waals surface area contributed by atoms with Crippen LogP contribution in [0.2, 0.25) is 0 Å². The first-order valence-corrected chi connectivity index (χ1v) is 8.02. The third-order valence-corrected chi connectivity index (χ3v) is 4.73. The summed E-state index contributed by atoms with van der Waals surface area (Å²) in [5, 5.41) is 10.1. The second kappa shape index (κ2) is 6.34. The summed E-state index contributed by atoms with van der Waals surface area (Å²) in [6.45, 7) is 1.06. The molecule has 1 aromatic carbocycles. The van der Waals surface area contributed by atoms with Crippen molar-refractivity contribution in [1.82, 2.24) is 4.90 Å². The monoisotopic (exact) mass is 306 g/mol. The van der Waals surface area contributed by atoms with E-state index >= 15 is 0 Å². The molecular weight excluding hydrogens is 283 g/mol. The van der Waals surface area contributed by atoms with Crippen molar-refractivity contribution in [2.24, 2.45) is 5.92 Å². The van der Waals surface area contributed by atoms with Crippen LogP contribution in [0.25, 0.3) is 0 Å². The number of anilines is 1. The Morgan fingerprint density at radius 1 is 1.36 bits per heavy atom. The first-order valence-electron chi connectivity index (χ1n) is 8.02. The van der Waals surface area contributed by atoms with Crippen molar-refractivity contribution in [3.05, 3.63) is 30.1 Å². The minimum absolute atomic E-state index is 0.0677. The maximum Gasteiger partial charge on any atom is 0.244 e. The van der Waals surface area contributed by atoms with Gasteiger partial charge in [-0.3, -0.25) is 9.69 Å². The molecule has 120 valence electrons. The first-order chi connectivity index (χ1) is 10.6. The highest BCUT2D eigenvalue weighted by atomic mass is 19.1. The molecule has 1 aliphatic heterocycles. The van der Waals surface area contributed by atoms with Gasteiger partial charge in [0.1, 0.15) is 5.82 Å². The van der Waals surface area contributed by atoms with E-state index in [1.807, 2.05) is 11.9 Å². The van der Waals surface area contributed by atoms with Gasteiger partial charge in [0.25, 0.3) is 0 Å². The molecule has 0 bridgehead atoms. The van der Waals surface area contributed by atoms with Gasteiger partial charge in [-0.25, -0.2) is 4.39 Å². The Hall–Kier alpha value is -1.46. The van der Waals surface area contributed by atoms with Gasteiger partial charge in [-0.05, 0) is 50.8 Å². The number of likely N-dealkylation sites (N-methyl/N-ethyl adjacent to an activating group) is 1. The Labute approximate surface area is 130 Å². The molecule has 1 aromatic rings. The van der Waals surface area contributed by atoms with E-state index < -0.39 is 0 Å². The number of para-hydroxylation sites is 1. The Balaban J connectivity index is 1.70. The topological polar surface area (TPSA) is 43.8 Å². The Bertz CT molecular complexity index is 547. The van der Waals surface area contributed by atoms with Crippen LogP contribution in [0.4, 0.5) is 10.1 Å². The maximum atomic E-state index is 14.0. The van der Waals surface area contributed by atoms with Crippen molar-refractivity contribution in [1.29, 1.82) is 0 Å². The highest BCUT2D eigenvalue weighted by Gasteiger charge is 2.36. The second-order valence-electron chi connectivity index (χ2n) is 6.44. The summed E-state index contributed by atoms with van der Waals surface area (Å²) in [5.74, 6) is -0.0390. The predicted octanol–water partition coefficient (Wildman–Crippen LogP) is 2.02. The van der Waals surface area contributed by atoms with Crippen LogP contribution in [0.15, 0.2) is 24.3 Å². The normalized spacial score (nSPS) is 23.9. The molecule has 0 radical (unpaired) electrons. The quantitative estimate of drug-likeness (QED) is 0.905.